The maximum atomic E-state index is 12.1. The molecule has 136 valence electrons. The first-order chi connectivity index (χ1) is 13.2. The largest absolute Gasteiger partial charge is 0.482 e. The van der Waals surface area contributed by atoms with E-state index in [0.717, 1.165) is 5.69 Å². The monoisotopic (exact) mass is 365 g/mol. The third kappa shape index (κ3) is 3.87. The van der Waals surface area contributed by atoms with E-state index in [4.69, 9.17) is 9.47 Å². The molecule has 0 unspecified atom stereocenters. The number of benzene rings is 2. The zero-order valence-electron chi connectivity index (χ0n) is 14.1. The van der Waals surface area contributed by atoms with Gasteiger partial charge in [0.1, 0.15) is 12.1 Å². The lowest BCUT2D eigenvalue weighted by Crippen LogP contribution is -2.25. The van der Waals surface area contributed by atoms with Gasteiger partial charge >= 0.3 is 6.01 Å². The van der Waals surface area contributed by atoms with Crippen molar-refractivity contribution in [3.8, 4) is 17.4 Å². The van der Waals surface area contributed by atoms with Crippen molar-refractivity contribution in [1.29, 1.82) is 0 Å². The van der Waals surface area contributed by atoms with E-state index in [0.29, 0.717) is 17.1 Å². The minimum atomic E-state index is -0.370. The highest BCUT2D eigenvalue weighted by Crippen LogP contribution is 2.30. The van der Waals surface area contributed by atoms with Gasteiger partial charge in [0.05, 0.1) is 11.4 Å². The number of carbonyl (C=O) groups is 2. The molecule has 2 N–H and O–H groups in total. The number of nitrogens with zero attached hydrogens (tertiary/aromatic N) is 3. The van der Waals surface area contributed by atoms with E-state index < -0.39 is 0 Å². The van der Waals surface area contributed by atoms with E-state index in [2.05, 4.69) is 20.7 Å². The van der Waals surface area contributed by atoms with E-state index in [1.165, 1.54) is 6.33 Å². The standard InChI is InChI=1S/C18H15N5O4/c24-16(20-12-6-7-14-15(8-12)26-9-17(25)21-14)10-27-18-19-11-23(22-18)13-4-2-1-3-5-13/h1-8,11H,9-10H2,(H,20,24)(H,21,25). The summed E-state index contributed by atoms with van der Waals surface area (Å²) >= 11 is 0. The van der Waals surface area contributed by atoms with E-state index in [1.807, 2.05) is 30.3 Å². The normalized spacial score (nSPS) is 12.5. The second-order valence-corrected chi connectivity index (χ2v) is 5.69. The summed E-state index contributed by atoms with van der Waals surface area (Å²) in [5, 5.41) is 9.54. The summed E-state index contributed by atoms with van der Waals surface area (Å²) in [6.45, 7) is -0.295. The van der Waals surface area contributed by atoms with Crippen molar-refractivity contribution in [1.82, 2.24) is 14.8 Å². The van der Waals surface area contributed by atoms with Crippen LogP contribution in [0, 0.1) is 0 Å². The Labute approximate surface area is 153 Å². The molecule has 0 radical (unpaired) electrons. The summed E-state index contributed by atoms with van der Waals surface area (Å²) in [4.78, 5) is 27.4. The van der Waals surface area contributed by atoms with Crippen LogP contribution in [0.4, 0.5) is 11.4 Å². The average Bonchev–Trinajstić information content (AvgIpc) is 3.16. The van der Waals surface area contributed by atoms with Crippen molar-refractivity contribution in [3.63, 3.8) is 0 Å². The number of rotatable bonds is 5. The van der Waals surface area contributed by atoms with Gasteiger partial charge in [0.2, 0.25) is 0 Å². The minimum absolute atomic E-state index is 0.0523. The highest BCUT2D eigenvalue weighted by molar-refractivity contribution is 5.97. The Morgan fingerprint density at radius 3 is 2.96 bits per heavy atom. The minimum Gasteiger partial charge on any atom is -0.482 e. The molecule has 4 rings (SSSR count). The number of anilines is 2. The predicted molar refractivity (Wildman–Crippen MR) is 96.1 cm³/mol. The lowest BCUT2D eigenvalue weighted by Gasteiger charge is -2.18. The third-order valence-electron chi connectivity index (χ3n) is 3.72. The molecule has 2 amide bonds. The van der Waals surface area contributed by atoms with Crippen LogP contribution in [-0.2, 0) is 9.59 Å². The molecule has 0 aliphatic carbocycles. The zero-order valence-corrected chi connectivity index (χ0v) is 14.1. The number of aromatic nitrogens is 3. The fourth-order valence-corrected chi connectivity index (χ4v) is 2.50. The number of para-hydroxylation sites is 1. The fraction of sp³-hybridized carbons (Fsp3) is 0.111. The Balaban J connectivity index is 1.34. The van der Waals surface area contributed by atoms with E-state index in [9.17, 15) is 9.59 Å². The first kappa shape index (κ1) is 16.6. The van der Waals surface area contributed by atoms with Crippen LogP contribution >= 0.6 is 0 Å². The third-order valence-corrected chi connectivity index (χ3v) is 3.72. The van der Waals surface area contributed by atoms with Crippen molar-refractivity contribution in [2.24, 2.45) is 0 Å². The molecule has 1 aliphatic rings. The van der Waals surface area contributed by atoms with Gasteiger partial charge in [-0.25, -0.2) is 4.68 Å². The molecule has 2 aromatic carbocycles. The molecular formula is C18H15N5O4. The number of amides is 2. The molecule has 3 aromatic rings. The summed E-state index contributed by atoms with van der Waals surface area (Å²) in [6, 6.07) is 14.5. The van der Waals surface area contributed by atoms with Crippen LogP contribution in [0.2, 0.25) is 0 Å². The zero-order chi connectivity index (χ0) is 18.6. The van der Waals surface area contributed by atoms with Crippen LogP contribution in [0.1, 0.15) is 0 Å². The van der Waals surface area contributed by atoms with Gasteiger partial charge in [-0.05, 0) is 24.3 Å². The summed E-state index contributed by atoms with van der Waals surface area (Å²) in [6.07, 6.45) is 1.51. The maximum Gasteiger partial charge on any atom is 0.336 e. The molecule has 9 nitrogen and oxygen atoms in total. The second kappa shape index (κ2) is 7.16. The molecule has 9 heteroatoms. The van der Waals surface area contributed by atoms with E-state index >= 15 is 0 Å². The van der Waals surface area contributed by atoms with Crippen molar-refractivity contribution in [2.75, 3.05) is 23.8 Å². The average molecular weight is 365 g/mol. The van der Waals surface area contributed by atoms with Gasteiger partial charge in [-0.2, -0.15) is 4.98 Å². The number of ether oxygens (including phenoxy) is 2. The van der Waals surface area contributed by atoms with E-state index in [-0.39, 0.29) is 31.0 Å². The first-order valence-electron chi connectivity index (χ1n) is 8.14. The van der Waals surface area contributed by atoms with Crippen LogP contribution in [0.5, 0.6) is 11.8 Å². The van der Waals surface area contributed by atoms with Gasteiger partial charge in [0.25, 0.3) is 11.8 Å². The molecule has 0 atom stereocenters. The highest BCUT2D eigenvalue weighted by Gasteiger charge is 2.16. The lowest BCUT2D eigenvalue weighted by atomic mass is 10.2. The van der Waals surface area contributed by atoms with Crippen molar-refractivity contribution >= 4 is 23.2 Å². The smallest absolute Gasteiger partial charge is 0.336 e. The Hall–Kier alpha value is -3.88. The SMILES string of the molecule is O=C(COc1ncn(-c2ccccc2)n1)Nc1ccc2c(c1)OCC(=O)N2. The molecule has 27 heavy (non-hydrogen) atoms. The number of fused-ring (bicyclic) bond motifs is 1. The Bertz CT molecular complexity index is 986. The van der Waals surface area contributed by atoms with Crippen LogP contribution < -0.4 is 20.1 Å². The predicted octanol–water partition coefficient (Wildman–Crippen LogP) is 1.62. The number of hydrogen-bond acceptors (Lipinski definition) is 6. The highest BCUT2D eigenvalue weighted by atomic mass is 16.5. The van der Waals surface area contributed by atoms with Crippen LogP contribution in [0.25, 0.3) is 5.69 Å². The molecule has 0 bridgehead atoms. The molecule has 0 spiro atoms. The summed E-state index contributed by atoms with van der Waals surface area (Å²) < 4.78 is 12.2. The number of nitrogens with one attached hydrogen (secondary N) is 2. The first-order valence-corrected chi connectivity index (χ1v) is 8.14. The quantitative estimate of drug-likeness (QED) is 0.711. The van der Waals surface area contributed by atoms with Gasteiger partial charge in [-0.1, -0.05) is 18.2 Å². The molecule has 1 aliphatic heterocycles. The van der Waals surface area contributed by atoms with Crippen molar-refractivity contribution in [2.45, 2.75) is 0 Å². The Kier molecular flexibility index (Phi) is 4.40. The molecule has 0 fully saturated rings. The summed E-state index contributed by atoms with van der Waals surface area (Å²) in [5.41, 5.74) is 1.93. The van der Waals surface area contributed by atoms with Gasteiger partial charge in [-0.15, -0.1) is 5.10 Å². The van der Waals surface area contributed by atoms with Crippen molar-refractivity contribution < 1.29 is 19.1 Å². The van der Waals surface area contributed by atoms with Crippen LogP contribution in [0.3, 0.4) is 0 Å². The lowest BCUT2D eigenvalue weighted by molar-refractivity contribution is -0.119. The molecule has 2 heterocycles. The topological polar surface area (TPSA) is 107 Å². The second-order valence-electron chi connectivity index (χ2n) is 5.69. The Morgan fingerprint density at radius 2 is 2.11 bits per heavy atom. The molecular weight excluding hydrogens is 350 g/mol. The number of carbonyl (C=O) groups excluding carboxylic acids is 2. The van der Waals surface area contributed by atoms with Gasteiger partial charge in [0.15, 0.2) is 13.2 Å². The van der Waals surface area contributed by atoms with Gasteiger partial charge < -0.3 is 20.1 Å². The summed E-state index contributed by atoms with van der Waals surface area (Å²) in [5.74, 6) is -0.0856. The Morgan fingerprint density at radius 1 is 1.26 bits per heavy atom. The number of hydrogen-bond donors (Lipinski definition) is 2. The fourth-order valence-electron chi connectivity index (χ4n) is 2.50. The van der Waals surface area contributed by atoms with Crippen LogP contribution in [-0.4, -0.2) is 39.8 Å². The van der Waals surface area contributed by atoms with Crippen molar-refractivity contribution in [3.05, 3.63) is 54.9 Å². The maximum absolute atomic E-state index is 12.1. The summed E-state index contributed by atoms with van der Waals surface area (Å²) in [7, 11) is 0. The molecule has 0 saturated heterocycles. The van der Waals surface area contributed by atoms with Gasteiger partial charge in [-0.3, -0.25) is 9.59 Å². The van der Waals surface area contributed by atoms with Crippen LogP contribution in [0.15, 0.2) is 54.9 Å². The van der Waals surface area contributed by atoms with Gasteiger partial charge in [0, 0.05) is 11.8 Å². The molecule has 1 aromatic heterocycles. The van der Waals surface area contributed by atoms with E-state index in [1.54, 1.807) is 22.9 Å². The molecule has 0 saturated carbocycles.